The molecule has 0 aliphatic heterocycles. The molecule has 80 valence electrons. The van der Waals surface area contributed by atoms with E-state index in [2.05, 4.69) is 20.5 Å². The van der Waals surface area contributed by atoms with Crippen LogP contribution in [0, 0.1) is 0 Å². The van der Waals surface area contributed by atoms with E-state index in [0.29, 0.717) is 18.4 Å². The molecular weight excluding hydrogens is 194 g/mol. The van der Waals surface area contributed by atoms with E-state index in [1.807, 2.05) is 24.1 Å². The molecule has 0 fully saturated rings. The lowest BCUT2D eigenvalue weighted by molar-refractivity contribution is 0.506. The van der Waals surface area contributed by atoms with Crippen molar-refractivity contribution in [3.63, 3.8) is 0 Å². The van der Waals surface area contributed by atoms with Crippen LogP contribution in [0.5, 0.6) is 0 Å². The van der Waals surface area contributed by atoms with Crippen LogP contribution in [0.4, 0.5) is 11.9 Å². The maximum atomic E-state index is 5.24. The van der Waals surface area contributed by atoms with Crippen molar-refractivity contribution in [1.29, 1.82) is 0 Å². The summed E-state index contributed by atoms with van der Waals surface area (Å²) in [6, 6.07) is 3.79. The molecule has 2 rings (SSSR count). The van der Waals surface area contributed by atoms with Gasteiger partial charge in [-0.05, 0) is 12.1 Å². The molecule has 2 aromatic rings. The van der Waals surface area contributed by atoms with Crippen LogP contribution in [0.25, 0.3) is 0 Å². The predicted molar refractivity (Wildman–Crippen MR) is 56.7 cm³/mol. The molecule has 0 amide bonds. The third-order valence-electron chi connectivity index (χ3n) is 2.05. The first-order valence-corrected chi connectivity index (χ1v) is 4.63. The van der Waals surface area contributed by atoms with Crippen molar-refractivity contribution < 1.29 is 4.42 Å². The number of hydrogen-bond acceptors (Lipinski definition) is 5. The van der Waals surface area contributed by atoms with Crippen molar-refractivity contribution >= 4 is 11.9 Å². The molecule has 0 saturated heterocycles. The van der Waals surface area contributed by atoms with Gasteiger partial charge in [0.05, 0.1) is 12.8 Å². The van der Waals surface area contributed by atoms with Crippen LogP contribution in [0.2, 0.25) is 0 Å². The van der Waals surface area contributed by atoms with Gasteiger partial charge in [-0.15, -0.1) is 10.2 Å². The zero-order chi connectivity index (χ0) is 10.7. The molecule has 0 aliphatic rings. The molecule has 0 bridgehead atoms. The standard InChI is InChI=1S/C9H13N5O/c1-10-8-11-9(13-12-8)14(2)6-7-4-3-5-15-7/h3-5H,6H2,1-2H3,(H2,10,11,12,13). The monoisotopic (exact) mass is 207 g/mol. The molecule has 2 aromatic heterocycles. The Balaban J connectivity index is 2.04. The average Bonchev–Trinajstić information content (AvgIpc) is 2.86. The van der Waals surface area contributed by atoms with Crippen molar-refractivity contribution in [3.05, 3.63) is 24.2 Å². The zero-order valence-electron chi connectivity index (χ0n) is 8.69. The first kappa shape index (κ1) is 9.57. The van der Waals surface area contributed by atoms with Gasteiger partial charge >= 0.3 is 0 Å². The molecule has 6 nitrogen and oxygen atoms in total. The van der Waals surface area contributed by atoms with Gasteiger partial charge in [0, 0.05) is 14.1 Å². The van der Waals surface area contributed by atoms with E-state index in [0.717, 1.165) is 5.76 Å². The summed E-state index contributed by atoms with van der Waals surface area (Å²) in [5, 5.41) is 10.8. The molecule has 0 aromatic carbocycles. The maximum Gasteiger partial charge on any atom is 0.226 e. The predicted octanol–water partition coefficient (Wildman–Crippen LogP) is 1.08. The van der Waals surface area contributed by atoms with Crippen LogP contribution >= 0.6 is 0 Å². The smallest absolute Gasteiger partial charge is 0.226 e. The Labute approximate surface area is 87.3 Å². The molecule has 0 saturated carbocycles. The molecule has 0 spiro atoms. The second kappa shape index (κ2) is 4.04. The summed E-state index contributed by atoms with van der Waals surface area (Å²) in [7, 11) is 3.71. The van der Waals surface area contributed by atoms with Crippen LogP contribution in [0.3, 0.4) is 0 Å². The van der Waals surface area contributed by atoms with Gasteiger partial charge in [0.15, 0.2) is 0 Å². The second-order valence-electron chi connectivity index (χ2n) is 3.18. The summed E-state index contributed by atoms with van der Waals surface area (Å²) in [5.74, 6) is 2.24. The minimum atomic E-state index is 0.649. The fourth-order valence-corrected chi connectivity index (χ4v) is 1.25. The number of nitrogens with one attached hydrogen (secondary N) is 2. The summed E-state index contributed by atoms with van der Waals surface area (Å²) in [5.41, 5.74) is 0. The van der Waals surface area contributed by atoms with E-state index in [1.165, 1.54) is 0 Å². The lowest BCUT2D eigenvalue weighted by atomic mass is 10.4. The molecule has 2 N–H and O–H groups in total. The first-order valence-electron chi connectivity index (χ1n) is 4.63. The van der Waals surface area contributed by atoms with Gasteiger partial charge in [0.2, 0.25) is 11.9 Å². The highest BCUT2D eigenvalue weighted by atomic mass is 16.3. The lowest BCUT2D eigenvalue weighted by Crippen LogP contribution is -2.17. The second-order valence-corrected chi connectivity index (χ2v) is 3.18. The SMILES string of the molecule is CNc1nnc(N(C)Cc2ccco2)[nH]1. The zero-order valence-corrected chi connectivity index (χ0v) is 8.69. The van der Waals surface area contributed by atoms with E-state index in [4.69, 9.17) is 4.42 Å². The third kappa shape index (κ3) is 2.09. The van der Waals surface area contributed by atoms with Crippen molar-refractivity contribution in [1.82, 2.24) is 15.2 Å². The van der Waals surface area contributed by atoms with E-state index >= 15 is 0 Å². The van der Waals surface area contributed by atoms with Crippen molar-refractivity contribution in [2.75, 3.05) is 24.3 Å². The summed E-state index contributed by atoms with van der Waals surface area (Å²) in [4.78, 5) is 4.95. The Morgan fingerprint density at radius 3 is 3.00 bits per heavy atom. The Hall–Kier alpha value is -1.98. The number of hydrogen-bond donors (Lipinski definition) is 2. The highest BCUT2D eigenvalue weighted by molar-refractivity contribution is 5.35. The van der Waals surface area contributed by atoms with E-state index in [-0.39, 0.29) is 0 Å². The van der Waals surface area contributed by atoms with Crippen LogP contribution in [-0.4, -0.2) is 29.3 Å². The molecular formula is C9H13N5O. The maximum absolute atomic E-state index is 5.24. The van der Waals surface area contributed by atoms with Gasteiger partial charge < -0.3 is 14.6 Å². The van der Waals surface area contributed by atoms with Gasteiger partial charge in [-0.3, -0.25) is 4.98 Å². The first-order chi connectivity index (χ1) is 7.29. The van der Waals surface area contributed by atoms with Crippen LogP contribution in [0.1, 0.15) is 5.76 Å². The van der Waals surface area contributed by atoms with Gasteiger partial charge in [-0.25, -0.2) is 0 Å². The minimum Gasteiger partial charge on any atom is -0.467 e. The summed E-state index contributed by atoms with van der Waals surface area (Å²) >= 11 is 0. The fraction of sp³-hybridized carbons (Fsp3) is 0.333. The highest BCUT2D eigenvalue weighted by Crippen LogP contribution is 2.11. The molecule has 15 heavy (non-hydrogen) atoms. The third-order valence-corrected chi connectivity index (χ3v) is 2.05. The number of furan rings is 1. The van der Waals surface area contributed by atoms with E-state index in [9.17, 15) is 0 Å². The summed E-state index contributed by atoms with van der Waals surface area (Å²) in [6.45, 7) is 0.658. The molecule has 2 heterocycles. The summed E-state index contributed by atoms with van der Waals surface area (Å²) < 4.78 is 5.24. The topological polar surface area (TPSA) is 70.0 Å². The van der Waals surface area contributed by atoms with Gasteiger partial charge in [-0.2, -0.15) is 0 Å². The number of aromatic amines is 1. The average molecular weight is 207 g/mol. The largest absolute Gasteiger partial charge is 0.467 e. The van der Waals surface area contributed by atoms with E-state index < -0.39 is 0 Å². The molecule has 0 radical (unpaired) electrons. The fourth-order valence-electron chi connectivity index (χ4n) is 1.25. The molecule has 6 heteroatoms. The van der Waals surface area contributed by atoms with Crippen LogP contribution in [0.15, 0.2) is 22.8 Å². The Morgan fingerprint density at radius 2 is 2.40 bits per heavy atom. The quantitative estimate of drug-likeness (QED) is 0.785. The number of H-pyrrole nitrogens is 1. The van der Waals surface area contributed by atoms with Gasteiger partial charge in [-0.1, -0.05) is 0 Å². The minimum absolute atomic E-state index is 0.649. The number of rotatable bonds is 4. The number of anilines is 2. The van der Waals surface area contributed by atoms with Crippen molar-refractivity contribution in [2.45, 2.75) is 6.54 Å². The Morgan fingerprint density at radius 1 is 1.53 bits per heavy atom. The van der Waals surface area contributed by atoms with Crippen molar-refractivity contribution in [3.8, 4) is 0 Å². The molecule has 0 aliphatic carbocycles. The molecule has 0 atom stereocenters. The van der Waals surface area contributed by atoms with Gasteiger partial charge in [0.25, 0.3) is 0 Å². The van der Waals surface area contributed by atoms with Crippen molar-refractivity contribution in [2.24, 2.45) is 0 Å². The van der Waals surface area contributed by atoms with Gasteiger partial charge in [0.1, 0.15) is 5.76 Å². The summed E-state index contributed by atoms with van der Waals surface area (Å²) in [6.07, 6.45) is 1.66. The Kier molecular flexibility index (Phi) is 2.57. The number of nitrogens with zero attached hydrogens (tertiary/aromatic N) is 3. The highest BCUT2D eigenvalue weighted by Gasteiger charge is 2.08. The molecule has 0 unspecified atom stereocenters. The van der Waals surface area contributed by atoms with Crippen LogP contribution in [-0.2, 0) is 6.54 Å². The van der Waals surface area contributed by atoms with Crippen LogP contribution < -0.4 is 10.2 Å². The normalized spacial score (nSPS) is 10.3. The lowest BCUT2D eigenvalue weighted by Gasteiger charge is -2.12. The van der Waals surface area contributed by atoms with E-state index in [1.54, 1.807) is 13.3 Å². The Bertz CT molecular complexity index is 408. The number of aromatic nitrogens is 3.